The third kappa shape index (κ3) is 2.17. The minimum atomic E-state index is -0.555. The lowest BCUT2D eigenvalue weighted by Gasteiger charge is -1.97. The second-order valence-corrected chi connectivity index (χ2v) is 2.63. The van der Waals surface area contributed by atoms with Gasteiger partial charge >= 0.3 is 0 Å². The molecule has 0 N–H and O–H groups in total. The summed E-state index contributed by atoms with van der Waals surface area (Å²) in [6.07, 6.45) is 0. The Labute approximate surface area is 72.9 Å². The van der Waals surface area contributed by atoms with E-state index < -0.39 is 17.3 Å². The fraction of sp³-hybridized carbons (Fsp3) is 0.143. The lowest BCUT2D eigenvalue weighted by molar-refractivity contribution is -0.496. The van der Waals surface area contributed by atoms with Crippen molar-refractivity contribution in [1.29, 1.82) is 0 Å². The second-order valence-electron chi connectivity index (χ2n) is 2.23. The summed E-state index contributed by atoms with van der Waals surface area (Å²) >= 11 is 5.57. The van der Waals surface area contributed by atoms with E-state index in [9.17, 15) is 14.5 Å². The van der Waals surface area contributed by atoms with Crippen molar-refractivity contribution in [2.45, 2.75) is 6.54 Å². The van der Waals surface area contributed by atoms with Gasteiger partial charge in [-0.15, -0.1) is 0 Å². The Morgan fingerprint density at radius 3 is 2.83 bits per heavy atom. The molecule has 5 heteroatoms. The van der Waals surface area contributed by atoms with Gasteiger partial charge in [0.25, 0.3) is 0 Å². The Balaban J connectivity index is 2.97. The molecule has 0 amide bonds. The van der Waals surface area contributed by atoms with Gasteiger partial charge in [0.05, 0.1) is 5.02 Å². The third-order valence-electron chi connectivity index (χ3n) is 1.31. The maximum atomic E-state index is 12.5. The van der Waals surface area contributed by atoms with Crippen LogP contribution in [0.3, 0.4) is 0 Å². The van der Waals surface area contributed by atoms with Crippen LogP contribution < -0.4 is 0 Å². The van der Waals surface area contributed by atoms with Crippen LogP contribution in [0, 0.1) is 15.9 Å². The molecule has 64 valence electrons. The maximum Gasteiger partial charge on any atom is 0.230 e. The molecule has 0 saturated heterocycles. The fourth-order valence-corrected chi connectivity index (χ4v) is 0.981. The number of halogens is 2. The molecule has 0 spiro atoms. The van der Waals surface area contributed by atoms with E-state index in [2.05, 4.69) is 0 Å². The van der Waals surface area contributed by atoms with Crippen LogP contribution in [0.15, 0.2) is 18.2 Å². The van der Waals surface area contributed by atoms with Crippen LogP contribution in [0.1, 0.15) is 5.56 Å². The van der Waals surface area contributed by atoms with E-state index in [0.717, 1.165) is 12.1 Å². The molecule has 0 aliphatic heterocycles. The molecule has 0 bridgehead atoms. The number of hydrogen-bond donors (Lipinski definition) is 0. The third-order valence-corrected chi connectivity index (χ3v) is 1.68. The van der Waals surface area contributed by atoms with Crippen LogP contribution in [-0.2, 0) is 6.54 Å². The molecular weight excluding hydrogens is 185 g/mol. The number of nitrogens with zero attached hydrogens (tertiary/aromatic N) is 1. The predicted octanol–water partition coefficient (Wildman–Crippen LogP) is 2.26. The molecule has 0 saturated carbocycles. The first-order chi connectivity index (χ1) is 5.59. The summed E-state index contributed by atoms with van der Waals surface area (Å²) in [7, 11) is 0. The molecule has 0 fully saturated rings. The van der Waals surface area contributed by atoms with E-state index in [0.29, 0.717) is 0 Å². The van der Waals surface area contributed by atoms with Gasteiger partial charge in [0, 0.05) is 10.5 Å². The largest absolute Gasteiger partial charge is 0.264 e. The first-order valence-corrected chi connectivity index (χ1v) is 3.53. The zero-order valence-electron chi connectivity index (χ0n) is 5.96. The second kappa shape index (κ2) is 3.49. The Hall–Kier alpha value is -1.16. The molecular formula is C7H5ClFNO2. The summed E-state index contributed by atoms with van der Waals surface area (Å²) in [6, 6.07) is 3.52. The van der Waals surface area contributed by atoms with Crippen molar-refractivity contribution in [2.75, 3.05) is 0 Å². The number of benzene rings is 1. The van der Waals surface area contributed by atoms with Gasteiger partial charge in [0.15, 0.2) is 0 Å². The zero-order valence-corrected chi connectivity index (χ0v) is 6.71. The van der Waals surface area contributed by atoms with Crippen LogP contribution >= 0.6 is 11.6 Å². The summed E-state index contributed by atoms with van der Waals surface area (Å²) in [5, 5.41) is 10.3. The van der Waals surface area contributed by atoms with Crippen molar-refractivity contribution in [3.63, 3.8) is 0 Å². The number of rotatable bonds is 2. The van der Waals surface area contributed by atoms with E-state index in [1.165, 1.54) is 6.07 Å². The molecule has 1 aromatic rings. The van der Waals surface area contributed by atoms with Gasteiger partial charge in [-0.25, -0.2) is 4.39 Å². The van der Waals surface area contributed by atoms with Crippen molar-refractivity contribution in [3.05, 3.63) is 44.7 Å². The molecule has 0 unspecified atom stereocenters. The van der Waals surface area contributed by atoms with E-state index in [1.54, 1.807) is 0 Å². The highest BCUT2D eigenvalue weighted by Gasteiger charge is 2.07. The zero-order chi connectivity index (χ0) is 9.14. The van der Waals surface area contributed by atoms with E-state index in [4.69, 9.17) is 11.6 Å². The first kappa shape index (κ1) is 8.93. The Bertz CT molecular complexity index is 316. The van der Waals surface area contributed by atoms with E-state index >= 15 is 0 Å². The molecule has 0 heterocycles. The smallest absolute Gasteiger partial charge is 0.230 e. The Kier molecular flexibility index (Phi) is 2.60. The minimum absolute atomic E-state index is 0.196. The van der Waals surface area contributed by atoms with Gasteiger partial charge in [-0.2, -0.15) is 0 Å². The topological polar surface area (TPSA) is 43.1 Å². The molecule has 0 atom stereocenters. The highest BCUT2D eigenvalue weighted by molar-refractivity contribution is 6.31. The first-order valence-electron chi connectivity index (χ1n) is 3.15. The highest BCUT2D eigenvalue weighted by atomic mass is 35.5. The monoisotopic (exact) mass is 189 g/mol. The summed E-state index contributed by atoms with van der Waals surface area (Å²) in [4.78, 5) is 9.50. The lowest BCUT2D eigenvalue weighted by Crippen LogP contribution is -1.99. The Morgan fingerprint density at radius 2 is 2.25 bits per heavy atom. The minimum Gasteiger partial charge on any atom is -0.264 e. The summed E-state index contributed by atoms with van der Waals surface area (Å²) in [6.45, 7) is -0.448. The average Bonchev–Trinajstić information content (AvgIpc) is 1.96. The van der Waals surface area contributed by atoms with Gasteiger partial charge in [-0.3, -0.25) is 10.1 Å². The molecule has 0 aromatic heterocycles. The van der Waals surface area contributed by atoms with Crippen molar-refractivity contribution in [3.8, 4) is 0 Å². The van der Waals surface area contributed by atoms with Gasteiger partial charge in [-0.1, -0.05) is 11.6 Å². The van der Waals surface area contributed by atoms with E-state index in [1.807, 2.05) is 0 Å². The summed E-state index contributed by atoms with van der Waals surface area (Å²) in [5.41, 5.74) is 0.196. The van der Waals surface area contributed by atoms with Gasteiger partial charge in [0.1, 0.15) is 5.82 Å². The van der Waals surface area contributed by atoms with Gasteiger partial charge in [0.2, 0.25) is 6.54 Å². The molecule has 0 radical (unpaired) electrons. The van der Waals surface area contributed by atoms with Crippen LogP contribution in [-0.4, -0.2) is 4.92 Å². The molecule has 12 heavy (non-hydrogen) atoms. The molecule has 0 aliphatic carbocycles. The highest BCUT2D eigenvalue weighted by Crippen LogP contribution is 2.17. The van der Waals surface area contributed by atoms with Crippen molar-refractivity contribution in [1.82, 2.24) is 0 Å². The quantitative estimate of drug-likeness (QED) is 0.529. The SMILES string of the molecule is O=[N+]([O-])Cc1cc(F)ccc1Cl. The van der Waals surface area contributed by atoms with Gasteiger partial charge in [-0.05, 0) is 18.2 Å². The average molecular weight is 190 g/mol. The fourth-order valence-electron chi connectivity index (χ4n) is 0.804. The molecule has 0 aliphatic rings. The number of nitro groups is 1. The number of hydrogen-bond acceptors (Lipinski definition) is 2. The lowest BCUT2D eigenvalue weighted by atomic mass is 10.2. The molecule has 3 nitrogen and oxygen atoms in total. The summed E-state index contributed by atoms with van der Waals surface area (Å²) in [5.74, 6) is -0.517. The van der Waals surface area contributed by atoms with Crippen LogP contribution in [0.5, 0.6) is 0 Å². The van der Waals surface area contributed by atoms with Crippen molar-refractivity contribution < 1.29 is 9.31 Å². The van der Waals surface area contributed by atoms with Crippen molar-refractivity contribution in [2.24, 2.45) is 0 Å². The van der Waals surface area contributed by atoms with E-state index in [-0.39, 0.29) is 10.6 Å². The molecule has 1 rings (SSSR count). The van der Waals surface area contributed by atoms with Crippen LogP contribution in [0.2, 0.25) is 5.02 Å². The molecule has 1 aromatic carbocycles. The predicted molar refractivity (Wildman–Crippen MR) is 42.1 cm³/mol. The standard InChI is InChI=1S/C7H5ClFNO2/c8-7-2-1-6(9)3-5(7)4-10(11)12/h1-3H,4H2. The van der Waals surface area contributed by atoms with Gasteiger partial charge < -0.3 is 0 Å². The maximum absolute atomic E-state index is 12.5. The van der Waals surface area contributed by atoms with Crippen LogP contribution in [0.25, 0.3) is 0 Å². The van der Waals surface area contributed by atoms with Crippen molar-refractivity contribution >= 4 is 11.6 Å². The normalized spacial score (nSPS) is 9.83. The van der Waals surface area contributed by atoms with Crippen LogP contribution in [0.4, 0.5) is 4.39 Å². The summed E-state index contributed by atoms with van der Waals surface area (Å²) < 4.78 is 12.5. The Morgan fingerprint density at radius 1 is 1.58 bits per heavy atom.